The second-order valence-corrected chi connectivity index (χ2v) is 6.82. The molecular formula is C17H33N3O. The number of rotatable bonds is 7. The molecule has 1 unspecified atom stereocenters. The van der Waals surface area contributed by atoms with Gasteiger partial charge in [0.15, 0.2) is 0 Å². The first-order chi connectivity index (χ1) is 10.2. The molecule has 122 valence electrons. The van der Waals surface area contributed by atoms with Crippen LogP contribution in [0.15, 0.2) is 0 Å². The Morgan fingerprint density at radius 1 is 1.05 bits per heavy atom. The van der Waals surface area contributed by atoms with Crippen molar-refractivity contribution in [3.63, 3.8) is 0 Å². The highest BCUT2D eigenvalue weighted by Gasteiger charge is 2.31. The Kier molecular flexibility index (Phi) is 6.97. The summed E-state index contributed by atoms with van der Waals surface area (Å²) in [6.45, 7) is 6.36. The predicted molar refractivity (Wildman–Crippen MR) is 87.1 cm³/mol. The van der Waals surface area contributed by atoms with E-state index >= 15 is 0 Å². The van der Waals surface area contributed by atoms with Crippen LogP contribution in [0.2, 0.25) is 0 Å². The third kappa shape index (κ3) is 5.26. The van der Waals surface area contributed by atoms with Gasteiger partial charge in [0.1, 0.15) is 0 Å². The lowest BCUT2D eigenvalue weighted by atomic mass is 10.0. The van der Waals surface area contributed by atoms with Crippen molar-refractivity contribution in [1.82, 2.24) is 9.80 Å². The smallest absolute Gasteiger partial charge is 0.222 e. The molecule has 2 fully saturated rings. The van der Waals surface area contributed by atoms with Gasteiger partial charge in [-0.3, -0.25) is 9.69 Å². The van der Waals surface area contributed by atoms with Crippen LogP contribution in [-0.4, -0.2) is 54.0 Å². The Morgan fingerprint density at radius 2 is 1.76 bits per heavy atom. The molecule has 2 aliphatic rings. The van der Waals surface area contributed by atoms with E-state index in [1.807, 2.05) is 0 Å². The summed E-state index contributed by atoms with van der Waals surface area (Å²) < 4.78 is 0. The van der Waals surface area contributed by atoms with Crippen molar-refractivity contribution in [1.29, 1.82) is 0 Å². The van der Waals surface area contributed by atoms with E-state index in [0.29, 0.717) is 18.0 Å². The third-order valence-corrected chi connectivity index (χ3v) is 5.10. The zero-order chi connectivity index (χ0) is 15.1. The van der Waals surface area contributed by atoms with Gasteiger partial charge in [-0.2, -0.15) is 0 Å². The van der Waals surface area contributed by atoms with Gasteiger partial charge in [-0.1, -0.05) is 32.6 Å². The number of unbranched alkanes of at least 4 members (excludes halogenated alkanes) is 4. The highest BCUT2D eigenvalue weighted by Crippen LogP contribution is 2.21. The van der Waals surface area contributed by atoms with Crippen LogP contribution < -0.4 is 5.73 Å². The lowest BCUT2D eigenvalue weighted by molar-refractivity contribution is -0.130. The fraction of sp³-hybridized carbons (Fsp3) is 0.941. The fourth-order valence-corrected chi connectivity index (χ4v) is 3.59. The quantitative estimate of drug-likeness (QED) is 0.734. The monoisotopic (exact) mass is 295 g/mol. The van der Waals surface area contributed by atoms with Crippen LogP contribution >= 0.6 is 0 Å². The first-order valence-corrected chi connectivity index (χ1v) is 8.98. The highest BCUT2D eigenvalue weighted by atomic mass is 16.2. The summed E-state index contributed by atoms with van der Waals surface area (Å²) in [5.41, 5.74) is 5.97. The van der Waals surface area contributed by atoms with E-state index in [-0.39, 0.29) is 0 Å². The molecule has 2 N–H and O–H groups in total. The summed E-state index contributed by atoms with van der Waals surface area (Å²) in [4.78, 5) is 16.9. The molecule has 0 aromatic heterocycles. The third-order valence-electron chi connectivity index (χ3n) is 5.10. The van der Waals surface area contributed by atoms with Gasteiger partial charge in [0, 0.05) is 31.6 Å². The number of likely N-dealkylation sites (tertiary alicyclic amines) is 2. The van der Waals surface area contributed by atoms with Crippen LogP contribution in [0.5, 0.6) is 0 Å². The van der Waals surface area contributed by atoms with E-state index in [1.165, 1.54) is 25.7 Å². The van der Waals surface area contributed by atoms with Gasteiger partial charge >= 0.3 is 0 Å². The second-order valence-electron chi connectivity index (χ2n) is 6.82. The zero-order valence-electron chi connectivity index (χ0n) is 13.7. The SMILES string of the molecule is CCCCCCCC(=O)N1CCC(N2CCC(N)CC2)C1. The average molecular weight is 295 g/mol. The van der Waals surface area contributed by atoms with Crippen LogP contribution in [0.25, 0.3) is 0 Å². The Morgan fingerprint density at radius 3 is 2.48 bits per heavy atom. The molecule has 0 aromatic rings. The van der Waals surface area contributed by atoms with Crippen LogP contribution in [0, 0.1) is 0 Å². The van der Waals surface area contributed by atoms with Crippen molar-refractivity contribution < 1.29 is 4.79 Å². The molecule has 2 aliphatic heterocycles. The van der Waals surface area contributed by atoms with Crippen molar-refractivity contribution in [2.24, 2.45) is 5.73 Å². The molecule has 0 spiro atoms. The Hall–Kier alpha value is -0.610. The summed E-state index contributed by atoms with van der Waals surface area (Å²) in [7, 11) is 0. The number of carbonyl (C=O) groups is 1. The Balaban J connectivity index is 1.63. The number of carbonyl (C=O) groups excluding carboxylic acids is 1. The standard InChI is InChI=1S/C17H33N3O/c1-2-3-4-5-6-7-17(21)20-13-10-16(14-20)19-11-8-15(18)9-12-19/h15-16H,2-14,18H2,1H3. The Bertz CT molecular complexity index is 313. The summed E-state index contributed by atoms with van der Waals surface area (Å²) in [5.74, 6) is 0.378. The molecule has 4 nitrogen and oxygen atoms in total. The minimum Gasteiger partial charge on any atom is -0.341 e. The van der Waals surface area contributed by atoms with Gasteiger partial charge in [-0.25, -0.2) is 0 Å². The molecular weight excluding hydrogens is 262 g/mol. The van der Waals surface area contributed by atoms with Crippen molar-refractivity contribution >= 4 is 5.91 Å². The summed E-state index contributed by atoms with van der Waals surface area (Å²) in [6.07, 6.45) is 10.3. The molecule has 0 bridgehead atoms. The van der Waals surface area contributed by atoms with E-state index in [2.05, 4.69) is 16.7 Å². The maximum atomic E-state index is 12.2. The molecule has 1 atom stereocenters. The van der Waals surface area contributed by atoms with Gasteiger partial charge in [0.2, 0.25) is 5.91 Å². The van der Waals surface area contributed by atoms with E-state index in [1.54, 1.807) is 0 Å². The topological polar surface area (TPSA) is 49.6 Å². The zero-order valence-corrected chi connectivity index (χ0v) is 13.7. The molecule has 21 heavy (non-hydrogen) atoms. The maximum absolute atomic E-state index is 12.2. The molecule has 0 aromatic carbocycles. The number of piperidine rings is 1. The minimum absolute atomic E-state index is 0.378. The lowest BCUT2D eigenvalue weighted by Crippen LogP contribution is -2.46. The van der Waals surface area contributed by atoms with Gasteiger partial charge in [-0.15, -0.1) is 0 Å². The van der Waals surface area contributed by atoms with Crippen molar-refractivity contribution in [2.45, 2.75) is 76.8 Å². The maximum Gasteiger partial charge on any atom is 0.222 e. The molecule has 0 aliphatic carbocycles. The van der Waals surface area contributed by atoms with Crippen LogP contribution in [0.4, 0.5) is 0 Å². The molecule has 2 saturated heterocycles. The van der Waals surface area contributed by atoms with Gasteiger partial charge in [0.05, 0.1) is 0 Å². The highest BCUT2D eigenvalue weighted by molar-refractivity contribution is 5.76. The van der Waals surface area contributed by atoms with Crippen LogP contribution in [-0.2, 0) is 4.79 Å². The molecule has 0 saturated carbocycles. The van der Waals surface area contributed by atoms with Crippen molar-refractivity contribution in [2.75, 3.05) is 26.2 Å². The fourth-order valence-electron chi connectivity index (χ4n) is 3.59. The molecule has 1 amide bonds. The average Bonchev–Trinajstić information content (AvgIpc) is 2.97. The molecule has 2 heterocycles. The summed E-state index contributed by atoms with van der Waals surface area (Å²) in [5, 5.41) is 0. The number of hydrogen-bond acceptors (Lipinski definition) is 3. The largest absolute Gasteiger partial charge is 0.341 e. The molecule has 4 heteroatoms. The Labute approximate surface area is 130 Å². The van der Waals surface area contributed by atoms with Gasteiger partial charge in [0.25, 0.3) is 0 Å². The van der Waals surface area contributed by atoms with E-state index < -0.39 is 0 Å². The van der Waals surface area contributed by atoms with Crippen molar-refractivity contribution in [3.05, 3.63) is 0 Å². The minimum atomic E-state index is 0.378. The first-order valence-electron chi connectivity index (χ1n) is 8.98. The van der Waals surface area contributed by atoms with E-state index in [4.69, 9.17) is 5.73 Å². The van der Waals surface area contributed by atoms with Crippen LogP contribution in [0.3, 0.4) is 0 Å². The number of amides is 1. The summed E-state index contributed by atoms with van der Waals surface area (Å²) in [6, 6.07) is 0.977. The van der Waals surface area contributed by atoms with E-state index in [9.17, 15) is 4.79 Å². The van der Waals surface area contributed by atoms with Crippen molar-refractivity contribution in [3.8, 4) is 0 Å². The molecule has 0 radical (unpaired) electrons. The number of hydrogen-bond donors (Lipinski definition) is 1. The number of nitrogens with two attached hydrogens (primary N) is 1. The second kappa shape index (κ2) is 8.74. The first kappa shape index (κ1) is 16.8. The normalized spacial score (nSPS) is 24.7. The van der Waals surface area contributed by atoms with Gasteiger partial charge < -0.3 is 10.6 Å². The van der Waals surface area contributed by atoms with E-state index in [0.717, 1.165) is 58.3 Å². The summed E-state index contributed by atoms with van der Waals surface area (Å²) >= 11 is 0. The molecule has 2 rings (SSSR count). The van der Waals surface area contributed by atoms with Gasteiger partial charge in [-0.05, 0) is 38.8 Å². The number of nitrogens with zero attached hydrogens (tertiary/aromatic N) is 2. The predicted octanol–water partition coefficient (Wildman–Crippen LogP) is 2.37. The lowest BCUT2D eigenvalue weighted by Gasteiger charge is -2.34. The van der Waals surface area contributed by atoms with Crippen LogP contribution in [0.1, 0.15) is 64.7 Å².